The lowest BCUT2D eigenvalue weighted by Crippen LogP contribution is -2.55. The van der Waals surface area contributed by atoms with Gasteiger partial charge in [-0.3, -0.25) is 4.79 Å². The van der Waals surface area contributed by atoms with E-state index in [0.29, 0.717) is 42.5 Å². The quantitative estimate of drug-likeness (QED) is 0.684. The number of carbonyl (C=O) groups excluding carboxylic acids is 2. The van der Waals surface area contributed by atoms with Crippen LogP contribution in [0.5, 0.6) is 0 Å². The van der Waals surface area contributed by atoms with Gasteiger partial charge in [0.05, 0.1) is 24.9 Å². The monoisotopic (exact) mass is 421 g/mol. The van der Waals surface area contributed by atoms with Gasteiger partial charge in [0.1, 0.15) is 11.4 Å². The van der Waals surface area contributed by atoms with Crippen molar-refractivity contribution in [3.05, 3.63) is 40.6 Å². The van der Waals surface area contributed by atoms with Crippen molar-refractivity contribution in [2.45, 2.75) is 31.9 Å². The van der Waals surface area contributed by atoms with Gasteiger partial charge in [0.25, 0.3) is 5.91 Å². The van der Waals surface area contributed by atoms with Gasteiger partial charge >= 0.3 is 5.97 Å². The molecule has 10 heteroatoms. The molecule has 1 fully saturated rings. The summed E-state index contributed by atoms with van der Waals surface area (Å²) in [5.41, 5.74) is 1.12. The van der Waals surface area contributed by atoms with Crippen molar-refractivity contribution in [2.24, 2.45) is 0 Å². The predicted octanol–water partition coefficient (Wildman–Crippen LogP) is 1.83. The number of methoxy groups -OCH3 is 2. The molecule has 2 N–H and O–H groups in total. The number of hydrogen-bond acceptors (Lipinski definition) is 7. The highest BCUT2D eigenvalue weighted by Crippen LogP contribution is 2.24. The Bertz CT molecular complexity index is 887. The molecule has 1 aliphatic heterocycles. The van der Waals surface area contributed by atoms with Gasteiger partial charge in [-0.25, -0.2) is 14.8 Å². The van der Waals surface area contributed by atoms with Gasteiger partial charge in [-0.05, 0) is 25.0 Å². The van der Waals surface area contributed by atoms with Gasteiger partial charge < -0.3 is 24.7 Å². The summed E-state index contributed by atoms with van der Waals surface area (Å²) in [4.78, 5) is 38.0. The summed E-state index contributed by atoms with van der Waals surface area (Å²) in [6, 6.07) is 3.15. The van der Waals surface area contributed by atoms with Gasteiger partial charge in [-0.1, -0.05) is 18.5 Å². The lowest BCUT2D eigenvalue weighted by atomic mass is 10.0. The number of halogens is 1. The third-order valence-electron chi connectivity index (χ3n) is 4.97. The fourth-order valence-corrected chi connectivity index (χ4v) is 3.66. The summed E-state index contributed by atoms with van der Waals surface area (Å²) in [7, 11) is 2.93. The Kier molecular flexibility index (Phi) is 6.71. The number of H-pyrrole nitrogens is 1. The van der Waals surface area contributed by atoms with Crippen LogP contribution in [0.2, 0.25) is 5.15 Å². The van der Waals surface area contributed by atoms with Crippen LogP contribution in [0.25, 0.3) is 0 Å². The number of rotatable bonds is 6. The van der Waals surface area contributed by atoms with E-state index >= 15 is 0 Å². The standard InChI is InChI=1S/C19H24ClN5O4/c1-4-12-15(20)24-16(22-12)18(26)23-13-7-9-25(10-14(13)28-2)17-11(19(27)29-3)6-5-8-21-17/h5-6,8,13-14H,4,7,9-10H2,1-3H3,(H,22,24)(H,23,26). The zero-order valence-electron chi connectivity index (χ0n) is 16.6. The number of esters is 1. The Morgan fingerprint density at radius 2 is 2.21 bits per heavy atom. The number of nitrogens with one attached hydrogen (secondary N) is 2. The van der Waals surface area contributed by atoms with Crippen molar-refractivity contribution < 1.29 is 19.1 Å². The molecule has 2 atom stereocenters. The van der Waals surface area contributed by atoms with Crippen LogP contribution >= 0.6 is 11.6 Å². The maximum atomic E-state index is 12.6. The van der Waals surface area contributed by atoms with Crippen molar-refractivity contribution in [3.8, 4) is 0 Å². The molecule has 2 aromatic heterocycles. The molecule has 0 aliphatic carbocycles. The Morgan fingerprint density at radius 1 is 1.41 bits per heavy atom. The number of aryl methyl sites for hydroxylation is 1. The van der Waals surface area contributed by atoms with E-state index in [0.717, 1.165) is 5.69 Å². The Morgan fingerprint density at radius 3 is 2.86 bits per heavy atom. The number of ether oxygens (including phenoxy) is 2. The number of piperidine rings is 1. The van der Waals surface area contributed by atoms with Crippen molar-refractivity contribution in [1.29, 1.82) is 0 Å². The summed E-state index contributed by atoms with van der Waals surface area (Å²) in [5, 5.41) is 3.27. The van der Waals surface area contributed by atoms with Crippen molar-refractivity contribution in [1.82, 2.24) is 20.3 Å². The second-order valence-electron chi connectivity index (χ2n) is 6.66. The minimum absolute atomic E-state index is 0.182. The van der Waals surface area contributed by atoms with Crippen LogP contribution in [-0.4, -0.2) is 66.3 Å². The Balaban J connectivity index is 1.71. The minimum Gasteiger partial charge on any atom is -0.465 e. The van der Waals surface area contributed by atoms with Gasteiger partial charge in [0.2, 0.25) is 0 Å². The van der Waals surface area contributed by atoms with Gasteiger partial charge in [0, 0.05) is 26.4 Å². The highest BCUT2D eigenvalue weighted by molar-refractivity contribution is 6.30. The minimum atomic E-state index is -0.445. The van der Waals surface area contributed by atoms with Crippen LogP contribution in [-0.2, 0) is 15.9 Å². The summed E-state index contributed by atoms with van der Waals surface area (Å²) in [5.74, 6) is -0.0578. The van der Waals surface area contributed by atoms with E-state index in [2.05, 4.69) is 20.3 Å². The third-order valence-corrected chi connectivity index (χ3v) is 5.28. The molecule has 0 radical (unpaired) electrons. The molecule has 0 saturated carbocycles. The van der Waals surface area contributed by atoms with E-state index in [9.17, 15) is 9.59 Å². The summed E-state index contributed by atoms with van der Waals surface area (Å²) in [6.07, 6.45) is 2.60. The topological polar surface area (TPSA) is 109 Å². The third kappa shape index (κ3) is 4.51. The number of imidazole rings is 1. The first kappa shape index (κ1) is 21.1. The number of aromatic nitrogens is 3. The Hall–Kier alpha value is -2.65. The largest absolute Gasteiger partial charge is 0.465 e. The second-order valence-corrected chi connectivity index (χ2v) is 7.02. The van der Waals surface area contributed by atoms with Crippen LogP contribution in [0.15, 0.2) is 18.3 Å². The number of aromatic amines is 1. The fourth-order valence-electron chi connectivity index (χ4n) is 3.40. The molecule has 156 valence electrons. The van der Waals surface area contributed by atoms with E-state index in [1.54, 1.807) is 25.4 Å². The zero-order valence-corrected chi connectivity index (χ0v) is 17.3. The number of amides is 1. The van der Waals surface area contributed by atoms with Gasteiger partial charge in [-0.2, -0.15) is 0 Å². The lowest BCUT2D eigenvalue weighted by molar-refractivity contribution is 0.0533. The summed E-state index contributed by atoms with van der Waals surface area (Å²) < 4.78 is 10.5. The normalized spacial score (nSPS) is 19.1. The molecule has 9 nitrogen and oxygen atoms in total. The molecule has 2 aromatic rings. The van der Waals surface area contributed by atoms with Crippen LogP contribution in [0, 0.1) is 0 Å². The van der Waals surface area contributed by atoms with Crippen molar-refractivity contribution in [2.75, 3.05) is 32.2 Å². The van der Waals surface area contributed by atoms with Gasteiger partial charge in [0.15, 0.2) is 11.0 Å². The first-order valence-corrected chi connectivity index (χ1v) is 9.72. The molecule has 0 bridgehead atoms. The zero-order chi connectivity index (χ0) is 21.0. The van der Waals surface area contributed by atoms with Crippen LogP contribution in [0.1, 0.15) is 40.0 Å². The summed E-state index contributed by atoms with van der Waals surface area (Å²) >= 11 is 6.03. The van der Waals surface area contributed by atoms with Crippen molar-refractivity contribution >= 4 is 29.3 Å². The SMILES string of the molecule is CCc1[nH]c(C(=O)NC2CCN(c3ncccc3C(=O)OC)CC2OC)nc1Cl. The average molecular weight is 422 g/mol. The molecule has 29 heavy (non-hydrogen) atoms. The first-order valence-electron chi connectivity index (χ1n) is 9.34. The molecule has 0 aromatic carbocycles. The van der Waals surface area contributed by atoms with E-state index in [1.807, 2.05) is 11.8 Å². The van der Waals surface area contributed by atoms with E-state index in [-0.39, 0.29) is 23.9 Å². The average Bonchev–Trinajstić information content (AvgIpc) is 3.14. The number of nitrogens with zero attached hydrogens (tertiary/aromatic N) is 3. The van der Waals surface area contributed by atoms with E-state index in [4.69, 9.17) is 21.1 Å². The van der Waals surface area contributed by atoms with Crippen molar-refractivity contribution in [3.63, 3.8) is 0 Å². The number of anilines is 1. The predicted molar refractivity (Wildman–Crippen MR) is 107 cm³/mol. The molecule has 3 heterocycles. The number of carbonyl (C=O) groups is 2. The lowest BCUT2D eigenvalue weighted by Gasteiger charge is -2.38. The molecule has 0 spiro atoms. The van der Waals surface area contributed by atoms with Crippen LogP contribution < -0.4 is 10.2 Å². The van der Waals surface area contributed by atoms with Gasteiger partial charge in [-0.15, -0.1) is 0 Å². The number of hydrogen-bond donors (Lipinski definition) is 2. The highest BCUT2D eigenvalue weighted by Gasteiger charge is 2.33. The van der Waals surface area contributed by atoms with Crippen LogP contribution in [0.3, 0.4) is 0 Å². The molecule has 1 aliphatic rings. The second kappa shape index (κ2) is 9.23. The fraction of sp³-hybridized carbons (Fsp3) is 0.474. The first-order chi connectivity index (χ1) is 14.0. The Labute approximate surface area is 173 Å². The highest BCUT2D eigenvalue weighted by atomic mass is 35.5. The maximum absolute atomic E-state index is 12.6. The molecule has 2 unspecified atom stereocenters. The molecule has 3 rings (SSSR count). The molecular formula is C19H24ClN5O4. The number of pyridine rings is 1. The van der Waals surface area contributed by atoms with E-state index < -0.39 is 5.97 Å². The van der Waals surface area contributed by atoms with E-state index in [1.165, 1.54) is 7.11 Å². The van der Waals surface area contributed by atoms with Crippen LogP contribution in [0.4, 0.5) is 5.82 Å². The molecule has 1 amide bonds. The smallest absolute Gasteiger partial charge is 0.341 e. The molecular weight excluding hydrogens is 398 g/mol. The summed E-state index contributed by atoms with van der Waals surface area (Å²) in [6.45, 7) is 2.98. The molecule has 1 saturated heterocycles. The maximum Gasteiger partial charge on any atom is 0.341 e.